The highest BCUT2D eigenvalue weighted by Gasteiger charge is 2.13. The number of aromatic nitrogens is 2. The van der Waals surface area contributed by atoms with Crippen molar-refractivity contribution in [2.24, 2.45) is 7.05 Å². The third-order valence-electron chi connectivity index (χ3n) is 3.81. The summed E-state index contributed by atoms with van der Waals surface area (Å²) in [6.07, 6.45) is 4.08. The summed E-state index contributed by atoms with van der Waals surface area (Å²) in [5.74, 6) is 0. The number of hydrogen-bond acceptors (Lipinski definition) is 1. The molecule has 98 valence electrons. The average molecular weight is 263 g/mol. The van der Waals surface area contributed by atoms with Crippen LogP contribution in [-0.2, 0) is 7.05 Å². The largest absolute Gasteiger partial charge is 0.456 e. The first-order valence-electron chi connectivity index (χ1n) is 6.69. The highest BCUT2D eigenvalue weighted by Crippen LogP contribution is 2.31. The van der Waals surface area contributed by atoms with Crippen LogP contribution in [0.15, 0.2) is 59.3 Å². The molecule has 0 unspecified atom stereocenters. The molecule has 0 N–H and O–H groups in total. The van der Waals surface area contributed by atoms with Gasteiger partial charge in [0.25, 0.3) is 0 Å². The molecule has 0 fully saturated rings. The molecule has 3 heteroatoms. The van der Waals surface area contributed by atoms with E-state index in [-0.39, 0.29) is 0 Å². The zero-order valence-electron chi connectivity index (χ0n) is 11.5. The Kier molecular flexibility index (Phi) is 2.24. The maximum atomic E-state index is 5.96. The minimum Gasteiger partial charge on any atom is -0.456 e. The number of para-hydroxylation sites is 1. The fourth-order valence-corrected chi connectivity index (χ4v) is 2.79. The molecule has 0 radical (unpaired) electrons. The van der Waals surface area contributed by atoms with E-state index >= 15 is 0 Å². The van der Waals surface area contributed by atoms with Crippen molar-refractivity contribution >= 4 is 21.9 Å². The first kappa shape index (κ1) is 11.3. The van der Waals surface area contributed by atoms with E-state index in [4.69, 9.17) is 4.42 Å². The molecule has 0 saturated carbocycles. The first-order valence-corrected chi connectivity index (χ1v) is 6.69. The van der Waals surface area contributed by atoms with Crippen molar-refractivity contribution in [2.75, 3.05) is 0 Å². The standard InChI is InChI=1S/C17H15N2O/c1-12-10-14-13-6-3-4-7-16(13)20-17(14)11-15(12)19-9-5-8-18(19)2/h3-11H,1-2H3/q+1. The summed E-state index contributed by atoms with van der Waals surface area (Å²) in [5, 5.41) is 2.35. The van der Waals surface area contributed by atoms with Gasteiger partial charge in [0.05, 0.1) is 6.20 Å². The van der Waals surface area contributed by atoms with Crippen LogP contribution in [0.2, 0.25) is 0 Å². The molecule has 0 spiro atoms. The van der Waals surface area contributed by atoms with Gasteiger partial charge >= 0.3 is 0 Å². The van der Waals surface area contributed by atoms with Crippen LogP contribution in [0, 0.1) is 6.92 Å². The van der Waals surface area contributed by atoms with E-state index in [9.17, 15) is 0 Å². The Morgan fingerprint density at radius 1 is 1.00 bits per heavy atom. The van der Waals surface area contributed by atoms with Crippen molar-refractivity contribution < 1.29 is 9.10 Å². The van der Waals surface area contributed by atoms with Crippen molar-refractivity contribution in [2.45, 2.75) is 6.92 Å². The average Bonchev–Trinajstić information content (AvgIpc) is 3.01. The maximum absolute atomic E-state index is 5.96. The second kappa shape index (κ2) is 3.97. The molecule has 0 atom stereocenters. The van der Waals surface area contributed by atoms with E-state index in [2.05, 4.69) is 40.7 Å². The molecule has 0 aliphatic heterocycles. The molecular weight excluding hydrogens is 248 g/mol. The van der Waals surface area contributed by atoms with Crippen molar-refractivity contribution in [1.29, 1.82) is 0 Å². The van der Waals surface area contributed by atoms with E-state index in [1.54, 1.807) is 0 Å². The smallest absolute Gasteiger partial charge is 0.195 e. The lowest BCUT2D eigenvalue weighted by molar-refractivity contribution is -0.744. The zero-order chi connectivity index (χ0) is 13.7. The van der Waals surface area contributed by atoms with Crippen LogP contribution in [0.25, 0.3) is 27.6 Å². The van der Waals surface area contributed by atoms with Crippen LogP contribution in [0.4, 0.5) is 0 Å². The van der Waals surface area contributed by atoms with Gasteiger partial charge in [-0.1, -0.05) is 18.2 Å². The summed E-state index contributed by atoms with van der Waals surface area (Å²) in [5.41, 5.74) is 4.25. The van der Waals surface area contributed by atoms with Gasteiger partial charge in [-0.25, -0.2) is 0 Å². The minimum absolute atomic E-state index is 0.931. The second-order valence-electron chi connectivity index (χ2n) is 5.14. The molecule has 2 heterocycles. The van der Waals surface area contributed by atoms with E-state index in [1.807, 2.05) is 37.5 Å². The SMILES string of the molecule is Cc1cc2c(cc1-n1ccc[n+]1C)oc1ccccc12. The topological polar surface area (TPSA) is 21.9 Å². The summed E-state index contributed by atoms with van der Waals surface area (Å²) in [6.45, 7) is 2.14. The molecular formula is C17H15N2O+. The van der Waals surface area contributed by atoms with Crippen molar-refractivity contribution in [3.8, 4) is 5.69 Å². The summed E-state index contributed by atoms with van der Waals surface area (Å²) < 4.78 is 10.1. The lowest BCUT2D eigenvalue weighted by Crippen LogP contribution is -2.36. The monoisotopic (exact) mass is 263 g/mol. The Labute approximate surface area is 116 Å². The van der Waals surface area contributed by atoms with Gasteiger partial charge in [-0.2, -0.15) is 0 Å². The number of hydrogen-bond donors (Lipinski definition) is 0. The summed E-state index contributed by atoms with van der Waals surface area (Å²) in [6, 6.07) is 14.5. The quantitative estimate of drug-likeness (QED) is 0.482. The Hall–Kier alpha value is -2.55. The van der Waals surface area contributed by atoms with Gasteiger partial charge in [0.15, 0.2) is 13.2 Å². The summed E-state index contributed by atoms with van der Waals surface area (Å²) in [4.78, 5) is 0. The third-order valence-corrected chi connectivity index (χ3v) is 3.81. The highest BCUT2D eigenvalue weighted by atomic mass is 16.3. The molecule has 0 bridgehead atoms. The normalized spacial score (nSPS) is 11.5. The molecule has 20 heavy (non-hydrogen) atoms. The molecule has 0 saturated heterocycles. The van der Waals surface area contributed by atoms with Gasteiger partial charge in [0, 0.05) is 22.9 Å². The van der Waals surface area contributed by atoms with Crippen LogP contribution >= 0.6 is 0 Å². The Balaban J connectivity index is 2.08. The van der Waals surface area contributed by atoms with E-state index in [0.717, 1.165) is 16.9 Å². The predicted octanol–water partition coefficient (Wildman–Crippen LogP) is 3.51. The van der Waals surface area contributed by atoms with Crippen LogP contribution in [0.3, 0.4) is 0 Å². The molecule has 2 aromatic carbocycles. The maximum Gasteiger partial charge on any atom is 0.195 e. The number of benzene rings is 2. The van der Waals surface area contributed by atoms with Gasteiger partial charge in [0.1, 0.15) is 16.9 Å². The number of aryl methyl sites for hydroxylation is 2. The van der Waals surface area contributed by atoms with E-state index in [1.165, 1.54) is 16.3 Å². The van der Waals surface area contributed by atoms with Gasteiger partial charge in [0.2, 0.25) is 0 Å². The van der Waals surface area contributed by atoms with Gasteiger partial charge in [-0.15, -0.1) is 9.36 Å². The van der Waals surface area contributed by atoms with Gasteiger partial charge in [-0.3, -0.25) is 0 Å². The molecule has 4 rings (SSSR count). The minimum atomic E-state index is 0.931. The fraction of sp³-hybridized carbons (Fsp3) is 0.118. The lowest BCUT2D eigenvalue weighted by atomic mass is 10.1. The van der Waals surface area contributed by atoms with Crippen molar-refractivity contribution in [3.05, 3.63) is 60.4 Å². The van der Waals surface area contributed by atoms with Crippen LogP contribution < -0.4 is 4.68 Å². The number of nitrogens with zero attached hydrogens (tertiary/aromatic N) is 2. The van der Waals surface area contributed by atoms with Crippen molar-refractivity contribution in [1.82, 2.24) is 4.68 Å². The molecule has 0 aliphatic rings. The Morgan fingerprint density at radius 3 is 2.65 bits per heavy atom. The lowest BCUT2D eigenvalue weighted by Gasteiger charge is -2.04. The molecule has 4 aromatic rings. The molecule has 3 nitrogen and oxygen atoms in total. The van der Waals surface area contributed by atoms with Gasteiger partial charge < -0.3 is 4.42 Å². The summed E-state index contributed by atoms with van der Waals surface area (Å²) >= 11 is 0. The third kappa shape index (κ3) is 1.50. The van der Waals surface area contributed by atoms with Crippen LogP contribution in [-0.4, -0.2) is 4.68 Å². The predicted molar refractivity (Wildman–Crippen MR) is 79.0 cm³/mol. The fourth-order valence-electron chi connectivity index (χ4n) is 2.79. The first-order chi connectivity index (χ1) is 9.74. The van der Waals surface area contributed by atoms with Crippen LogP contribution in [0.5, 0.6) is 0 Å². The zero-order valence-corrected chi connectivity index (χ0v) is 11.5. The van der Waals surface area contributed by atoms with Crippen molar-refractivity contribution in [3.63, 3.8) is 0 Å². The van der Waals surface area contributed by atoms with E-state index in [0.29, 0.717) is 0 Å². The van der Waals surface area contributed by atoms with Gasteiger partial charge in [-0.05, 0) is 24.6 Å². The Morgan fingerprint density at radius 2 is 1.85 bits per heavy atom. The van der Waals surface area contributed by atoms with Crippen LogP contribution in [0.1, 0.15) is 5.56 Å². The molecule has 2 aromatic heterocycles. The highest BCUT2D eigenvalue weighted by molar-refractivity contribution is 6.05. The number of furan rings is 1. The molecule has 0 amide bonds. The van der Waals surface area contributed by atoms with E-state index < -0.39 is 0 Å². The molecule has 0 aliphatic carbocycles. The second-order valence-corrected chi connectivity index (χ2v) is 5.14. The number of fused-ring (bicyclic) bond motifs is 3. The number of rotatable bonds is 1. The summed E-state index contributed by atoms with van der Waals surface area (Å²) in [7, 11) is 2.03. The Bertz CT molecular complexity index is 931.